The van der Waals surface area contributed by atoms with Crippen molar-refractivity contribution >= 4 is 36.7 Å². The number of pyridine rings is 1. The molecule has 0 radical (unpaired) electrons. The summed E-state index contributed by atoms with van der Waals surface area (Å²) in [6.07, 6.45) is 3.05. The number of hydrogen-bond donors (Lipinski definition) is 0. The Morgan fingerprint density at radius 3 is 2.52 bits per heavy atom. The Balaban J connectivity index is 2.09. The highest BCUT2D eigenvalue weighted by Gasteiger charge is 2.24. The van der Waals surface area contributed by atoms with Gasteiger partial charge in [0, 0.05) is 10.9 Å². The van der Waals surface area contributed by atoms with E-state index < -0.39 is 9.84 Å². The number of nitrogens with zero attached hydrogens (tertiary/aromatic N) is 1. The highest BCUT2D eigenvalue weighted by atomic mass is 79.9. The molecule has 5 nitrogen and oxygen atoms in total. The van der Waals surface area contributed by atoms with E-state index in [1.54, 1.807) is 61.7 Å². The van der Waals surface area contributed by atoms with Gasteiger partial charge in [-0.1, -0.05) is 18.2 Å². The van der Waals surface area contributed by atoms with Crippen molar-refractivity contribution in [1.82, 2.24) is 4.98 Å². The molecule has 7 heteroatoms. The van der Waals surface area contributed by atoms with Crippen LogP contribution in [0.4, 0.5) is 0 Å². The normalized spacial score (nSPS) is 11.6. The van der Waals surface area contributed by atoms with Crippen LogP contribution in [0.5, 0.6) is 5.75 Å². The highest BCUT2D eigenvalue weighted by Crippen LogP contribution is 2.38. The van der Waals surface area contributed by atoms with E-state index in [1.165, 1.54) is 12.5 Å². The molecule has 0 fully saturated rings. The third-order valence-corrected chi connectivity index (χ3v) is 6.80. The highest BCUT2D eigenvalue weighted by molar-refractivity contribution is 9.10. The quantitative estimate of drug-likeness (QED) is 0.438. The van der Waals surface area contributed by atoms with E-state index in [1.807, 2.05) is 0 Å². The van der Waals surface area contributed by atoms with Gasteiger partial charge in [0.25, 0.3) is 0 Å². The van der Waals surface area contributed by atoms with Crippen LogP contribution in [0.2, 0.25) is 0 Å². The first kappa shape index (κ1) is 17.8. The number of furan rings is 1. The van der Waals surface area contributed by atoms with Crippen LogP contribution in [0, 0.1) is 0 Å². The maximum absolute atomic E-state index is 13.3. The number of fused-ring (bicyclic) bond motifs is 1. The van der Waals surface area contributed by atoms with Gasteiger partial charge in [0.2, 0.25) is 9.84 Å². The van der Waals surface area contributed by atoms with E-state index in [4.69, 9.17) is 9.15 Å². The molecule has 0 spiro atoms. The van der Waals surface area contributed by atoms with Crippen molar-refractivity contribution in [2.24, 2.45) is 0 Å². The molecule has 2 aromatic carbocycles. The van der Waals surface area contributed by atoms with Crippen LogP contribution in [-0.2, 0) is 9.84 Å². The van der Waals surface area contributed by atoms with Gasteiger partial charge < -0.3 is 9.15 Å². The fourth-order valence-corrected chi connectivity index (χ4v) is 4.96. The molecular weight excluding hydrogens is 430 g/mol. The Labute approximate surface area is 164 Å². The summed E-state index contributed by atoms with van der Waals surface area (Å²) in [5, 5.41) is 0.513. The van der Waals surface area contributed by atoms with Gasteiger partial charge in [0.15, 0.2) is 0 Å². The molecule has 0 amide bonds. The van der Waals surface area contributed by atoms with Gasteiger partial charge in [-0.25, -0.2) is 13.4 Å². The number of hydrogen-bond acceptors (Lipinski definition) is 5. The lowest BCUT2D eigenvalue weighted by atomic mass is 10.1. The topological polar surface area (TPSA) is 69.4 Å². The predicted octanol–water partition coefficient (Wildman–Crippen LogP) is 5.10. The average molecular weight is 444 g/mol. The largest absolute Gasteiger partial charge is 0.495 e. The van der Waals surface area contributed by atoms with Crippen LogP contribution in [0.25, 0.3) is 22.2 Å². The molecule has 0 saturated carbocycles. The monoisotopic (exact) mass is 443 g/mol. The summed E-state index contributed by atoms with van der Waals surface area (Å²) in [6.45, 7) is 0. The molecule has 2 aromatic heterocycles. The van der Waals surface area contributed by atoms with Gasteiger partial charge in [0.05, 0.1) is 45.1 Å². The Morgan fingerprint density at radius 1 is 1.07 bits per heavy atom. The smallest absolute Gasteiger partial charge is 0.207 e. The molecule has 0 aliphatic carbocycles. The van der Waals surface area contributed by atoms with Gasteiger partial charge in [-0.05, 0) is 52.3 Å². The van der Waals surface area contributed by atoms with E-state index in [-0.39, 0.29) is 9.79 Å². The zero-order valence-corrected chi connectivity index (χ0v) is 16.6. The van der Waals surface area contributed by atoms with Crippen LogP contribution >= 0.6 is 15.9 Å². The Hall–Kier alpha value is -2.64. The third-order valence-electron chi connectivity index (χ3n) is 4.23. The van der Waals surface area contributed by atoms with E-state index in [0.717, 1.165) is 0 Å². The Bertz CT molecular complexity index is 1220. The minimum atomic E-state index is -3.75. The second-order valence-electron chi connectivity index (χ2n) is 5.81. The standard InChI is InChI=1S/C20H14BrNO4S/c1-25-17-8-7-15-18(27(23,24)14-5-3-2-4-6-14)11-16(13-9-10-26-12-13)22-20(15)19(17)21/h2-12H,1H3. The fraction of sp³-hybridized carbons (Fsp3) is 0.0500. The number of methoxy groups -OCH3 is 1. The summed E-state index contributed by atoms with van der Waals surface area (Å²) in [4.78, 5) is 5.05. The van der Waals surface area contributed by atoms with Crippen LogP contribution < -0.4 is 4.74 Å². The van der Waals surface area contributed by atoms with Crippen LogP contribution in [0.1, 0.15) is 0 Å². The van der Waals surface area contributed by atoms with Gasteiger partial charge in [-0.2, -0.15) is 0 Å². The molecular formula is C20H14BrNO4S. The summed E-state index contributed by atoms with van der Waals surface area (Å²) in [6, 6.07) is 15.1. The van der Waals surface area contributed by atoms with Gasteiger partial charge in [0.1, 0.15) is 5.75 Å². The molecule has 0 unspecified atom stereocenters. The maximum atomic E-state index is 13.3. The number of benzene rings is 2. The summed E-state index contributed by atoms with van der Waals surface area (Å²) in [7, 11) is -2.20. The average Bonchev–Trinajstić information content (AvgIpc) is 3.23. The predicted molar refractivity (Wildman–Crippen MR) is 106 cm³/mol. The molecule has 4 aromatic rings. The minimum absolute atomic E-state index is 0.179. The fourth-order valence-electron chi connectivity index (χ4n) is 2.87. The molecule has 0 aliphatic rings. The molecule has 0 aliphatic heterocycles. The van der Waals surface area contributed by atoms with E-state index in [2.05, 4.69) is 20.9 Å². The molecule has 2 heterocycles. The van der Waals surface area contributed by atoms with Crippen molar-refractivity contribution in [3.05, 3.63) is 71.6 Å². The Kier molecular flexibility index (Phi) is 4.49. The first-order chi connectivity index (χ1) is 13.0. The van der Waals surface area contributed by atoms with E-state index in [9.17, 15) is 8.42 Å². The Morgan fingerprint density at radius 2 is 1.85 bits per heavy atom. The van der Waals surface area contributed by atoms with Crippen LogP contribution in [0.15, 0.2) is 85.8 Å². The second-order valence-corrected chi connectivity index (χ2v) is 8.52. The van der Waals surface area contributed by atoms with Gasteiger partial charge in [-0.3, -0.25) is 0 Å². The SMILES string of the molecule is COc1ccc2c(S(=O)(=O)c3ccccc3)cc(-c3ccoc3)nc2c1Br. The molecule has 0 bridgehead atoms. The number of rotatable bonds is 4. The molecule has 4 rings (SSSR count). The minimum Gasteiger partial charge on any atom is -0.495 e. The molecule has 136 valence electrons. The van der Waals surface area contributed by atoms with Crippen molar-refractivity contribution < 1.29 is 17.6 Å². The van der Waals surface area contributed by atoms with Crippen LogP contribution in [0.3, 0.4) is 0 Å². The summed E-state index contributed by atoms with van der Waals surface area (Å²) < 4.78 is 37.7. The lowest BCUT2D eigenvalue weighted by Gasteiger charge is -2.13. The summed E-state index contributed by atoms with van der Waals surface area (Å²) >= 11 is 3.49. The molecule has 0 saturated heterocycles. The van der Waals surface area contributed by atoms with E-state index in [0.29, 0.717) is 32.4 Å². The van der Waals surface area contributed by atoms with Crippen molar-refractivity contribution in [2.75, 3.05) is 7.11 Å². The lowest BCUT2D eigenvalue weighted by molar-refractivity contribution is 0.413. The molecule has 27 heavy (non-hydrogen) atoms. The van der Waals surface area contributed by atoms with Crippen molar-refractivity contribution in [3.63, 3.8) is 0 Å². The first-order valence-corrected chi connectivity index (χ1v) is 10.3. The zero-order chi connectivity index (χ0) is 19.0. The maximum Gasteiger partial charge on any atom is 0.207 e. The summed E-state index contributed by atoms with van der Waals surface area (Å²) in [5.74, 6) is 0.572. The molecule has 0 atom stereocenters. The van der Waals surface area contributed by atoms with Crippen molar-refractivity contribution in [2.45, 2.75) is 9.79 Å². The van der Waals surface area contributed by atoms with Crippen LogP contribution in [-0.4, -0.2) is 20.5 Å². The first-order valence-electron chi connectivity index (χ1n) is 8.02. The zero-order valence-electron chi connectivity index (χ0n) is 14.2. The third kappa shape index (κ3) is 3.02. The number of halogens is 1. The number of sulfone groups is 1. The second kappa shape index (κ2) is 6.83. The van der Waals surface area contributed by atoms with Crippen molar-refractivity contribution in [3.8, 4) is 17.0 Å². The molecule has 0 N–H and O–H groups in total. The lowest BCUT2D eigenvalue weighted by Crippen LogP contribution is -2.04. The van der Waals surface area contributed by atoms with Crippen molar-refractivity contribution in [1.29, 1.82) is 0 Å². The van der Waals surface area contributed by atoms with E-state index >= 15 is 0 Å². The number of ether oxygens (including phenoxy) is 1. The van der Waals surface area contributed by atoms with Gasteiger partial charge in [-0.15, -0.1) is 0 Å². The number of aromatic nitrogens is 1. The summed E-state index contributed by atoms with van der Waals surface area (Å²) in [5.41, 5.74) is 1.69. The van der Waals surface area contributed by atoms with Gasteiger partial charge >= 0.3 is 0 Å².